The maximum atomic E-state index is 12.9. The Morgan fingerprint density at radius 1 is 1.15 bits per heavy atom. The van der Waals surface area contributed by atoms with Gasteiger partial charge in [-0.1, -0.05) is 26.7 Å². The number of hydrogen-bond donors (Lipinski definition) is 1. The SMILES string of the molecule is CC1CCCC(N2CC(=O)NC(C)(C3CC3)C2=O)C1C. The van der Waals surface area contributed by atoms with Crippen molar-refractivity contribution in [1.29, 1.82) is 0 Å². The second kappa shape index (κ2) is 4.74. The van der Waals surface area contributed by atoms with Crippen LogP contribution in [0.5, 0.6) is 0 Å². The van der Waals surface area contributed by atoms with Gasteiger partial charge < -0.3 is 10.2 Å². The van der Waals surface area contributed by atoms with Crippen LogP contribution in [0.25, 0.3) is 0 Å². The zero-order valence-electron chi connectivity index (χ0n) is 12.8. The van der Waals surface area contributed by atoms with Gasteiger partial charge in [0.25, 0.3) is 0 Å². The molecule has 3 rings (SSSR count). The van der Waals surface area contributed by atoms with Gasteiger partial charge >= 0.3 is 0 Å². The Morgan fingerprint density at radius 2 is 1.85 bits per heavy atom. The van der Waals surface area contributed by atoms with E-state index in [2.05, 4.69) is 19.2 Å². The number of rotatable bonds is 2. The van der Waals surface area contributed by atoms with Gasteiger partial charge in [-0.15, -0.1) is 0 Å². The Kier molecular flexibility index (Phi) is 3.30. The van der Waals surface area contributed by atoms with Crippen molar-refractivity contribution < 1.29 is 9.59 Å². The first kappa shape index (κ1) is 13.9. The van der Waals surface area contributed by atoms with Crippen molar-refractivity contribution in [2.75, 3.05) is 6.54 Å². The molecule has 4 atom stereocenters. The van der Waals surface area contributed by atoms with Crippen molar-refractivity contribution in [3.63, 3.8) is 0 Å². The van der Waals surface area contributed by atoms with E-state index in [0.29, 0.717) is 17.8 Å². The Morgan fingerprint density at radius 3 is 2.50 bits per heavy atom. The van der Waals surface area contributed by atoms with Crippen molar-refractivity contribution in [3.8, 4) is 0 Å². The molecule has 0 aromatic rings. The van der Waals surface area contributed by atoms with Gasteiger partial charge in [-0.05, 0) is 43.9 Å². The Bertz CT molecular complexity index is 432. The molecule has 112 valence electrons. The van der Waals surface area contributed by atoms with Crippen molar-refractivity contribution in [2.24, 2.45) is 17.8 Å². The summed E-state index contributed by atoms with van der Waals surface area (Å²) in [5.41, 5.74) is -0.643. The van der Waals surface area contributed by atoms with Crippen LogP contribution in [0.4, 0.5) is 0 Å². The summed E-state index contributed by atoms with van der Waals surface area (Å²) in [6.07, 6.45) is 5.58. The van der Waals surface area contributed by atoms with E-state index in [9.17, 15) is 9.59 Å². The topological polar surface area (TPSA) is 49.4 Å². The molecule has 20 heavy (non-hydrogen) atoms. The summed E-state index contributed by atoms with van der Waals surface area (Å²) < 4.78 is 0. The van der Waals surface area contributed by atoms with Gasteiger partial charge in [0, 0.05) is 6.04 Å². The summed E-state index contributed by atoms with van der Waals surface area (Å²) >= 11 is 0. The van der Waals surface area contributed by atoms with E-state index in [1.807, 2.05) is 11.8 Å². The van der Waals surface area contributed by atoms with Gasteiger partial charge in [0.2, 0.25) is 11.8 Å². The van der Waals surface area contributed by atoms with Crippen molar-refractivity contribution >= 4 is 11.8 Å². The van der Waals surface area contributed by atoms with Gasteiger partial charge in [-0.2, -0.15) is 0 Å². The highest BCUT2D eigenvalue weighted by Crippen LogP contribution is 2.43. The van der Waals surface area contributed by atoms with Crippen LogP contribution in [0, 0.1) is 17.8 Å². The van der Waals surface area contributed by atoms with Crippen LogP contribution in [0.3, 0.4) is 0 Å². The molecule has 2 aliphatic carbocycles. The third-order valence-electron chi connectivity index (χ3n) is 5.88. The van der Waals surface area contributed by atoms with Gasteiger partial charge in [0.15, 0.2) is 0 Å². The number of carbonyl (C=O) groups is 2. The second-order valence-corrected chi connectivity index (χ2v) is 7.29. The minimum Gasteiger partial charge on any atom is -0.340 e. The van der Waals surface area contributed by atoms with Gasteiger partial charge in [0.1, 0.15) is 5.54 Å². The molecule has 1 heterocycles. The number of nitrogens with zero attached hydrogens (tertiary/aromatic N) is 1. The van der Waals surface area contributed by atoms with Crippen LogP contribution in [0.15, 0.2) is 0 Å². The molecule has 4 heteroatoms. The fraction of sp³-hybridized carbons (Fsp3) is 0.875. The van der Waals surface area contributed by atoms with Crippen molar-refractivity contribution in [3.05, 3.63) is 0 Å². The van der Waals surface area contributed by atoms with Crippen LogP contribution < -0.4 is 5.32 Å². The van der Waals surface area contributed by atoms with E-state index in [-0.39, 0.29) is 24.4 Å². The highest BCUT2D eigenvalue weighted by atomic mass is 16.2. The highest BCUT2D eigenvalue weighted by molar-refractivity contribution is 5.98. The van der Waals surface area contributed by atoms with E-state index in [1.54, 1.807) is 0 Å². The average molecular weight is 278 g/mol. The smallest absolute Gasteiger partial charge is 0.249 e. The molecule has 0 aromatic heterocycles. The molecule has 0 aromatic carbocycles. The van der Waals surface area contributed by atoms with Crippen LogP contribution in [0.1, 0.15) is 52.9 Å². The molecule has 4 nitrogen and oxygen atoms in total. The van der Waals surface area contributed by atoms with Crippen LogP contribution >= 0.6 is 0 Å². The Balaban J connectivity index is 1.84. The van der Waals surface area contributed by atoms with Crippen molar-refractivity contribution in [2.45, 2.75) is 64.5 Å². The highest BCUT2D eigenvalue weighted by Gasteiger charge is 2.54. The number of amides is 2. The number of nitrogens with one attached hydrogen (secondary N) is 1. The first-order valence-electron chi connectivity index (χ1n) is 8.05. The molecule has 2 amide bonds. The first-order valence-corrected chi connectivity index (χ1v) is 8.05. The van der Waals surface area contributed by atoms with Gasteiger partial charge in [-0.3, -0.25) is 9.59 Å². The lowest BCUT2D eigenvalue weighted by atomic mass is 9.76. The number of piperazine rings is 1. The predicted octanol–water partition coefficient (Wildman–Crippen LogP) is 1.94. The first-order chi connectivity index (χ1) is 9.43. The maximum absolute atomic E-state index is 12.9. The predicted molar refractivity (Wildman–Crippen MR) is 77.0 cm³/mol. The molecule has 4 unspecified atom stereocenters. The minimum absolute atomic E-state index is 0.0180. The van der Waals surface area contributed by atoms with Crippen LogP contribution in [0.2, 0.25) is 0 Å². The minimum atomic E-state index is -0.643. The molecule has 1 aliphatic heterocycles. The molecule has 1 saturated heterocycles. The lowest BCUT2D eigenvalue weighted by molar-refractivity contribution is -0.155. The molecule has 3 fully saturated rings. The molecular weight excluding hydrogens is 252 g/mol. The average Bonchev–Trinajstić information content (AvgIpc) is 3.22. The van der Waals surface area contributed by atoms with Crippen molar-refractivity contribution in [1.82, 2.24) is 10.2 Å². The molecule has 2 saturated carbocycles. The van der Waals surface area contributed by atoms with E-state index in [0.717, 1.165) is 19.3 Å². The molecular formula is C16H26N2O2. The third-order valence-corrected chi connectivity index (χ3v) is 5.88. The van der Waals surface area contributed by atoms with E-state index in [4.69, 9.17) is 0 Å². The zero-order chi connectivity index (χ0) is 14.5. The van der Waals surface area contributed by atoms with Crippen LogP contribution in [-0.2, 0) is 9.59 Å². The third kappa shape index (κ3) is 2.13. The molecule has 0 radical (unpaired) electrons. The Hall–Kier alpha value is -1.06. The number of hydrogen-bond acceptors (Lipinski definition) is 2. The second-order valence-electron chi connectivity index (χ2n) is 7.29. The fourth-order valence-electron chi connectivity index (χ4n) is 4.11. The van der Waals surface area contributed by atoms with E-state index in [1.165, 1.54) is 12.8 Å². The van der Waals surface area contributed by atoms with Crippen LogP contribution in [-0.4, -0.2) is 34.8 Å². The molecule has 0 spiro atoms. The van der Waals surface area contributed by atoms with Gasteiger partial charge in [-0.25, -0.2) is 0 Å². The molecule has 3 aliphatic rings. The summed E-state index contributed by atoms with van der Waals surface area (Å²) in [7, 11) is 0. The normalized spacial score (nSPS) is 42.5. The summed E-state index contributed by atoms with van der Waals surface area (Å²) in [6, 6.07) is 0.246. The monoisotopic (exact) mass is 278 g/mol. The lowest BCUT2D eigenvalue weighted by Gasteiger charge is -2.47. The summed E-state index contributed by atoms with van der Waals surface area (Å²) in [5, 5.41) is 2.97. The maximum Gasteiger partial charge on any atom is 0.249 e. The molecule has 0 bridgehead atoms. The fourth-order valence-corrected chi connectivity index (χ4v) is 4.11. The van der Waals surface area contributed by atoms with E-state index < -0.39 is 5.54 Å². The zero-order valence-corrected chi connectivity index (χ0v) is 12.8. The largest absolute Gasteiger partial charge is 0.340 e. The summed E-state index contributed by atoms with van der Waals surface area (Å²) in [4.78, 5) is 26.9. The molecule has 1 N–H and O–H groups in total. The summed E-state index contributed by atoms with van der Waals surface area (Å²) in [5.74, 6) is 1.65. The quantitative estimate of drug-likeness (QED) is 0.839. The standard InChI is InChI=1S/C16H26N2O2/c1-10-5-4-6-13(11(10)2)18-9-14(19)17-16(3,15(18)20)12-7-8-12/h10-13H,4-9H2,1-3H3,(H,17,19). The van der Waals surface area contributed by atoms with E-state index >= 15 is 0 Å². The number of carbonyl (C=O) groups excluding carboxylic acids is 2. The Labute approximate surface area is 121 Å². The summed E-state index contributed by atoms with van der Waals surface area (Å²) in [6.45, 7) is 6.69. The lowest BCUT2D eigenvalue weighted by Crippen LogP contribution is -2.69. The van der Waals surface area contributed by atoms with Gasteiger partial charge in [0.05, 0.1) is 6.54 Å².